The standard InChI is InChI=1S/C24H35FN7O/c1-31-14-12-18(13-15-31)32(2,19-10-11-21(33-3)20(25)16-19)24-29-22(26)28-23(30-24)27-17-8-6-4-5-7-9-17/h4,6,10-11,16-18H,5,7-9,12-15H2,1-3H3,(H3,26,27,28,29,30)/q+1. The first kappa shape index (κ1) is 23.4. The van der Waals surface area contributed by atoms with Crippen LogP contribution in [0.3, 0.4) is 0 Å². The third kappa shape index (κ3) is 5.09. The summed E-state index contributed by atoms with van der Waals surface area (Å²) in [6, 6.07) is 5.50. The number of nitrogens with zero attached hydrogens (tertiary/aromatic N) is 5. The number of benzene rings is 1. The topological polar surface area (TPSA) is 89.2 Å². The average molecular weight is 457 g/mol. The highest BCUT2D eigenvalue weighted by molar-refractivity contribution is 5.56. The summed E-state index contributed by atoms with van der Waals surface area (Å²) in [5.41, 5.74) is 6.93. The summed E-state index contributed by atoms with van der Waals surface area (Å²) in [7, 11) is 5.64. The number of hydrogen-bond acceptors (Lipinski definition) is 7. The van der Waals surface area contributed by atoms with Crippen LogP contribution in [0.2, 0.25) is 0 Å². The highest BCUT2D eigenvalue weighted by atomic mass is 19.1. The second kappa shape index (κ2) is 10.0. The quantitative estimate of drug-likeness (QED) is 0.504. The van der Waals surface area contributed by atoms with Crippen molar-refractivity contribution in [3.8, 4) is 5.75 Å². The predicted molar refractivity (Wildman–Crippen MR) is 130 cm³/mol. The van der Waals surface area contributed by atoms with Crippen LogP contribution in [-0.2, 0) is 0 Å². The maximum Gasteiger partial charge on any atom is 0.340 e. The van der Waals surface area contributed by atoms with E-state index in [4.69, 9.17) is 15.5 Å². The molecule has 33 heavy (non-hydrogen) atoms. The van der Waals surface area contributed by atoms with Gasteiger partial charge in [-0.05, 0) is 38.8 Å². The minimum Gasteiger partial charge on any atom is -0.494 e. The molecule has 178 valence electrons. The molecule has 0 spiro atoms. The van der Waals surface area contributed by atoms with Crippen molar-refractivity contribution in [2.45, 2.75) is 50.6 Å². The number of nitrogen functional groups attached to an aromatic ring is 1. The van der Waals surface area contributed by atoms with Gasteiger partial charge in [-0.2, -0.15) is 4.98 Å². The Hall–Kier alpha value is -2.78. The summed E-state index contributed by atoms with van der Waals surface area (Å²) in [4.78, 5) is 16.1. The highest BCUT2D eigenvalue weighted by Crippen LogP contribution is 2.39. The molecule has 2 atom stereocenters. The summed E-state index contributed by atoms with van der Waals surface area (Å²) >= 11 is 0. The summed E-state index contributed by atoms with van der Waals surface area (Å²) < 4.78 is 20.2. The molecule has 0 bridgehead atoms. The lowest BCUT2D eigenvalue weighted by Crippen LogP contribution is -2.54. The van der Waals surface area contributed by atoms with E-state index < -0.39 is 5.82 Å². The van der Waals surface area contributed by atoms with Crippen molar-refractivity contribution in [1.29, 1.82) is 0 Å². The Labute approximate surface area is 195 Å². The number of methoxy groups -OCH3 is 1. The maximum absolute atomic E-state index is 14.8. The maximum atomic E-state index is 14.8. The Balaban J connectivity index is 1.74. The average Bonchev–Trinajstić information content (AvgIpc) is 3.07. The normalized spacial score (nSPS) is 21.9. The van der Waals surface area contributed by atoms with Crippen molar-refractivity contribution < 1.29 is 9.13 Å². The molecule has 8 nitrogen and oxygen atoms in total. The Kier molecular flexibility index (Phi) is 7.09. The molecule has 1 aromatic heterocycles. The van der Waals surface area contributed by atoms with Crippen LogP contribution in [0.5, 0.6) is 5.75 Å². The van der Waals surface area contributed by atoms with Gasteiger partial charge in [0.05, 0.1) is 14.2 Å². The third-order valence-electron chi connectivity index (χ3n) is 6.99. The molecule has 4 rings (SSSR count). The first-order valence-electron chi connectivity index (χ1n) is 11.7. The van der Waals surface area contributed by atoms with E-state index in [1.165, 1.54) is 13.2 Å². The first-order chi connectivity index (χ1) is 15.9. The Morgan fingerprint density at radius 3 is 2.67 bits per heavy atom. The zero-order valence-corrected chi connectivity index (χ0v) is 19.8. The number of nitrogens with two attached hydrogens (primary N) is 1. The van der Waals surface area contributed by atoms with Gasteiger partial charge in [0, 0.05) is 44.1 Å². The summed E-state index contributed by atoms with van der Waals surface area (Å²) in [5, 5.41) is 3.46. The van der Waals surface area contributed by atoms with Crippen LogP contribution in [0, 0.1) is 5.82 Å². The molecule has 1 aliphatic heterocycles. The molecule has 1 aliphatic carbocycles. The van der Waals surface area contributed by atoms with E-state index in [-0.39, 0.29) is 28.3 Å². The van der Waals surface area contributed by atoms with Gasteiger partial charge in [0.1, 0.15) is 11.7 Å². The lowest BCUT2D eigenvalue weighted by atomic mass is 10.00. The van der Waals surface area contributed by atoms with E-state index in [0.29, 0.717) is 11.9 Å². The van der Waals surface area contributed by atoms with Gasteiger partial charge >= 0.3 is 5.95 Å². The molecule has 1 fully saturated rings. The molecule has 0 radical (unpaired) electrons. The Morgan fingerprint density at radius 1 is 1.15 bits per heavy atom. The van der Waals surface area contributed by atoms with Crippen molar-refractivity contribution in [2.75, 3.05) is 45.3 Å². The molecule has 2 aromatic rings. The fraction of sp³-hybridized carbons (Fsp3) is 0.542. The number of hydrogen-bond donors (Lipinski definition) is 2. The van der Waals surface area contributed by atoms with Gasteiger partial charge in [-0.25, -0.2) is 8.87 Å². The first-order valence-corrected chi connectivity index (χ1v) is 11.7. The molecule has 2 aliphatic rings. The summed E-state index contributed by atoms with van der Waals surface area (Å²) in [5.74, 6) is 0.973. The van der Waals surface area contributed by atoms with E-state index in [1.807, 2.05) is 13.1 Å². The Morgan fingerprint density at radius 2 is 1.94 bits per heavy atom. The number of aromatic nitrogens is 3. The zero-order valence-electron chi connectivity index (χ0n) is 19.8. The highest BCUT2D eigenvalue weighted by Gasteiger charge is 2.42. The molecule has 2 heterocycles. The van der Waals surface area contributed by atoms with Gasteiger partial charge in [0.25, 0.3) is 0 Å². The van der Waals surface area contributed by atoms with Gasteiger partial charge in [-0.3, -0.25) is 0 Å². The van der Waals surface area contributed by atoms with Gasteiger partial charge in [-0.15, -0.1) is 9.97 Å². The molecular weight excluding hydrogens is 421 g/mol. The molecule has 3 N–H and O–H groups in total. The number of anilines is 2. The van der Waals surface area contributed by atoms with Gasteiger partial charge in [0.2, 0.25) is 11.9 Å². The number of rotatable bonds is 6. The molecular formula is C24H35FN7O+. The van der Waals surface area contributed by atoms with Crippen molar-refractivity contribution in [1.82, 2.24) is 24.3 Å². The number of likely N-dealkylation sites (tertiary alicyclic amines) is 1. The fourth-order valence-electron chi connectivity index (χ4n) is 4.89. The van der Waals surface area contributed by atoms with E-state index in [0.717, 1.165) is 57.3 Å². The number of nitrogens with one attached hydrogen (secondary N) is 1. The lowest BCUT2D eigenvalue weighted by Gasteiger charge is -2.42. The van der Waals surface area contributed by atoms with Crippen LogP contribution in [0.25, 0.3) is 0 Å². The van der Waals surface area contributed by atoms with Gasteiger partial charge in [0.15, 0.2) is 11.6 Å². The van der Waals surface area contributed by atoms with Crippen LogP contribution < -0.4 is 20.3 Å². The number of quaternary nitrogens is 1. The lowest BCUT2D eigenvalue weighted by molar-refractivity contribution is 0.180. The number of allylic oxidation sites excluding steroid dienone is 1. The van der Waals surface area contributed by atoms with Crippen LogP contribution in [-0.4, -0.2) is 66.2 Å². The largest absolute Gasteiger partial charge is 0.494 e. The molecule has 9 heteroatoms. The monoisotopic (exact) mass is 456 g/mol. The Bertz CT molecular complexity index is 993. The van der Waals surface area contributed by atoms with Crippen LogP contribution in [0.15, 0.2) is 30.4 Å². The minimum absolute atomic E-state index is 0.165. The van der Waals surface area contributed by atoms with Crippen LogP contribution in [0.4, 0.5) is 27.9 Å². The number of piperidine rings is 1. The van der Waals surface area contributed by atoms with E-state index in [9.17, 15) is 4.39 Å². The van der Waals surface area contributed by atoms with Crippen molar-refractivity contribution in [3.63, 3.8) is 0 Å². The van der Waals surface area contributed by atoms with E-state index in [1.54, 1.807) is 6.07 Å². The SMILES string of the molecule is COc1ccc([N+](C)(c2nc(N)nc(NC3CC=CCCC3)n2)C2CCN(C)CC2)cc1F. The second-order valence-corrected chi connectivity index (χ2v) is 9.23. The predicted octanol–water partition coefficient (Wildman–Crippen LogP) is 3.88. The third-order valence-corrected chi connectivity index (χ3v) is 6.99. The van der Waals surface area contributed by atoms with Crippen LogP contribution >= 0.6 is 0 Å². The van der Waals surface area contributed by atoms with Crippen molar-refractivity contribution in [3.05, 3.63) is 36.2 Å². The van der Waals surface area contributed by atoms with Crippen LogP contribution in [0.1, 0.15) is 38.5 Å². The van der Waals surface area contributed by atoms with Crippen molar-refractivity contribution in [2.24, 2.45) is 0 Å². The number of ether oxygens (including phenoxy) is 1. The molecule has 1 saturated heterocycles. The minimum atomic E-state index is -0.405. The van der Waals surface area contributed by atoms with E-state index in [2.05, 4.69) is 39.4 Å². The second-order valence-electron chi connectivity index (χ2n) is 9.23. The summed E-state index contributed by atoms with van der Waals surface area (Å²) in [6.07, 6.45) is 10.5. The zero-order chi connectivity index (χ0) is 23.4. The molecule has 0 saturated carbocycles. The number of halogens is 1. The smallest absolute Gasteiger partial charge is 0.340 e. The van der Waals surface area contributed by atoms with Crippen molar-refractivity contribution >= 4 is 23.5 Å². The summed E-state index contributed by atoms with van der Waals surface area (Å²) in [6.45, 7) is 1.91. The fourth-order valence-corrected chi connectivity index (χ4v) is 4.89. The van der Waals surface area contributed by atoms with E-state index >= 15 is 0 Å². The van der Waals surface area contributed by atoms with Gasteiger partial charge < -0.3 is 20.7 Å². The molecule has 0 amide bonds. The molecule has 1 aromatic carbocycles. The van der Waals surface area contributed by atoms with Gasteiger partial charge in [-0.1, -0.05) is 12.2 Å². The molecule has 2 unspecified atom stereocenters.